The van der Waals surface area contributed by atoms with Crippen molar-refractivity contribution in [3.05, 3.63) is 10.6 Å². The van der Waals surface area contributed by atoms with Crippen LogP contribution in [0.5, 0.6) is 0 Å². The normalized spacial score (nSPS) is 17.1. The average Bonchev–Trinajstić information content (AvgIpc) is 2.69. The van der Waals surface area contributed by atoms with E-state index in [9.17, 15) is 4.79 Å². The van der Waals surface area contributed by atoms with Gasteiger partial charge in [0.1, 0.15) is 0 Å². The minimum atomic E-state index is -0.361. The van der Waals surface area contributed by atoms with Gasteiger partial charge in [-0.2, -0.15) is 11.8 Å². The molecule has 0 radical (unpaired) electrons. The highest BCUT2D eigenvalue weighted by molar-refractivity contribution is 8.00. The number of carbonyl (C=O) groups is 1. The number of rotatable bonds is 5. The fourth-order valence-electron chi connectivity index (χ4n) is 2.02. The molecule has 0 amide bonds. The van der Waals surface area contributed by atoms with E-state index in [2.05, 4.69) is 16.6 Å². The topological polar surface area (TPSA) is 51.2 Å². The minimum absolute atomic E-state index is 0.361. The van der Waals surface area contributed by atoms with Gasteiger partial charge in [-0.05, 0) is 26.0 Å². The first-order valence-corrected chi connectivity index (χ1v) is 7.99. The monoisotopic (exact) mass is 286 g/mol. The van der Waals surface area contributed by atoms with Crippen LogP contribution < -0.4 is 5.32 Å². The van der Waals surface area contributed by atoms with Crippen LogP contribution >= 0.6 is 23.1 Å². The molecule has 0 aliphatic heterocycles. The van der Waals surface area contributed by atoms with Crippen molar-refractivity contribution in [1.29, 1.82) is 0 Å². The largest absolute Gasteiger partial charge is 0.464 e. The molecule has 0 atom stereocenters. The fraction of sp³-hybridized carbons (Fsp3) is 0.667. The second-order valence-electron chi connectivity index (χ2n) is 4.51. The Balaban J connectivity index is 2.00. The molecular weight excluding hydrogens is 268 g/mol. The lowest BCUT2D eigenvalue weighted by Gasteiger charge is -2.40. The van der Waals surface area contributed by atoms with Gasteiger partial charge in [0.2, 0.25) is 0 Å². The maximum absolute atomic E-state index is 11.5. The Kier molecular flexibility index (Phi) is 4.17. The van der Waals surface area contributed by atoms with Gasteiger partial charge in [0, 0.05) is 16.2 Å². The highest BCUT2D eigenvalue weighted by atomic mass is 32.2. The molecule has 6 heteroatoms. The van der Waals surface area contributed by atoms with Gasteiger partial charge < -0.3 is 10.1 Å². The summed E-state index contributed by atoms with van der Waals surface area (Å²) in [7, 11) is 1.38. The number of thioether (sulfide) groups is 1. The first-order chi connectivity index (χ1) is 8.60. The Morgan fingerprint density at radius 1 is 1.61 bits per heavy atom. The Bertz CT molecular complexity index is 436. The third-order valence-electron chi connectivity index (χ3n) is 3.43. The van der Waals surface area contributed by atoms with E-state index in [-0.39, 0.29) is 5.97 Å². The summed E-state index contributed by atoms with van der Waals surface area (Å²) >= 11 is 3.43. The third kappa shape index (κ3) is 2.64. The number of anilines is 1. The minimum Gasteiger partial charge on any atom is -0.464 e. The number of aromatic nitrogens is 1. The summed E-state index contributed by atoms with van der Waals surface area (Å²) in [4.78, 5) is 16.7. The van der Waals surface area contributed by atoms with Crippen molar-refractivity contribution in [3.8, 4) is 0 Å². The van der Waals surface area contributed by atoms with Gasteiger partial charge in [-0.25, -0.2) is 9.78 Å². The van der Waals surface area contributed by atoms with E-state index in [1.165, 1.54) is 37.7 Å². The summed E-state index contributed by atoms with van der Waals surface area (Å²) in [5, 5.41) is 4.17. The number of nitrogens with one attached hydrogen (secondary N) is 1. The molecule has 4 nitrogen and oxygen atoms in total. The van der Waals surface area contributed by atoms with Gasteiger partial charge in [0.15, 0.2) is 10.8 Å². The lowest BCUT2D eigenvalue weighted by molar-refractivity contribution is 0.0594. The Morgan fingerprint density at radius 2 is 2.33 bits per heavy atom. The van der Waals surface area contributed by atoms with Crippen molar-refractivity contribution in [1.82, 2.24) is 4.98 Å². The lowest BCUT2D eigenvalue weighted by Crippen LogP contribution is -2.40. The number of carbonyl (C=O) groups excluding carboxylic acids is 1. The van der Waals surface area contributed by atoms with Crippen molar-refractivity contribution in [2.45, 2.75) is 30.9 Å². The summed E-state index contributed by atoms with van der Waals surface area (Å²) in [6, 6.07) is 0. The van der Waals surface area contributed by atoms with Crippen molar-refractivity contribution < 1.29 is 9.53 Å². The Morgan fingerprint density at radius 3 is 2.83 bits per heavy atom. The van der Waals surface area contributed by atoms with Gasteiger partial charge in [-0.3, -0.25) is 0 Å². The molecular formula is C12H18N2O2S2. The summed E-state index contributed by atoms with van der Waals surface area (Å²) in [6.07, 6.45) is 5.99. The molecule has 0 saturated heterocycles. The SMILES string of the molecule is COC(=O)c1nc(NCC2(SC)CCC2)sc1C. The van der Waals surface area contributed by atoms with Gasteiger partial charge in [-0.15, -0.1) is 11.3 Å². The molecule has 1 N–H and O–H groups in total. The molecule has 1 aromatic rings. The molecule has 2 rings (SSSR count). The summed E-state index contributed by atoms with van der Waals surface area (Å²) in [5.74, 6) is -0.361. The zero-order valence-corrected chi connectivity index (χ0v) is 12.5. The van der Waals surface area contributed by atoms with Crippen molar-refractivity contribution >= 4 is 34.2 Å². The molecule has 0 bridgehead atoms. The number of methoxy groups -OCH3 is 1. The molecule has 100 valence electrons. The smallest absolute Gasteiger partial charge is 0.357 e. The van der Waals surface area contributed by atoms with E-state index in [4.69, 9.17) is 4.74 Å². The molecule has 0 unspecified atom stereocenters. The van der Waals surface area contributed by atoms with E-state index in [1.807, 2.05) is 18.7 Å². The molecule has 1 aliphatic rings. The van der Waals surface area contributed by atoms with Crippen LogP contribution in [0.15, 0.2) is 0 Å². The lowest BCUT2D eigenvalue weighted by atomic mass is 9.84. The first kappa shape index (κ1) is 13.7. The van der Waals surface area contributed by atoms with E-state index in [0.717, 1.165) is 16.6 Å². The number of thiazole rings is 1. The summed E-state index contributed by atoms with van der Waals surface area (Å²) in [5.41, 5.74) is 0.428. The quantitative estimate of drug-likeness (QED) is 0.843. The summed E-state index contributed by atoms with van der Waals surface area (Å²) in [6.45, 7) is 2.81. The molecule has 1 saturated carbocycles. The molecule has 1 heterocycles. The zero-order chi connectivity index (χ0) is 13.2. The second kappa shape index (κ2) is 5.48. The fourth-order valence-corrected chi connectivity index (χ4v) is 3.73. The van der Waals surface area contributed by atoms with Crippen molar-refractivity contribution in [2.75, 3.05) is 25.2 Å². The van der Waals surface area contributed by atoms with E-state index < -0.39 is 0 Å². The number of aryl methyl sites for hydroxylation is 1. The Hall–Kier alpha value is -0.750. The molecule has 18 heavy (non-hydrogen) atoms. The Labute approximate surface area is 116 Å². The molecule has 0 spiro atoms. The van der Waals surface area contributed by atoms with E-state index >= 15 is 0 Å². The molecule has 1 aromatic heterocycles. The number of nitrogens with zero attached hydrogens (tertiary/aromatic N) is 1. The van der Waals surface area contributed by atoms with Crippen molar-refractivity contribution in [3.63, 3.8) is 0 Å². The number of hydrogen-bond acceptors (Lipinski definition) is 6. The number of ether oxygens (including phenoxy) is 1. The van der Waals surface area contributed by atoms with Gasteiger partial charge >= 0.3 is 5.97 Å². The van der Waals surface area contributed by atoms with E-state index in [0.29, 0.717) is 10.4 Å². The standard InChI is InChI=1S/C12H18N2O2S2/c1-8-9(10(15)16-2)14-11(18-8)13-7-12(17-3)5-4-6-12/h4-7H2,1-3H3,(H,13,14). The highest BCUT2D eigenvalue weighted by Crippen LogP contribution is 2.42. The van der Waals surface area contributed by atoms with Crippen LogP contribution in [-0.4, -0.2) is 35.6 Å². The maximum Gasteiger partial charge on any atom is 0.357 e. The van der Waals surface area contributed by atoms with Crippen LogP contribution in [-0.2, 0) is 4.74 Å². The molecule has 1 fully saturated rings. The molecule has 0 aromatic carbocycles. The van der Waals surface area contributed by atoms with Crippen LogP contribution in [0.4, 0.5) is 5.13 Å². The van der Waals surface area contributed by atoms with Gasteiger partial charge in [0.25, 0.3) is 0 Å². The summed E-state index contributed by atoms with van der Waals surface area (Å²) < 4.78 is 5.07. The van der Waals surface area contributed by atoms with Gasteiger partial charge in [0.05, 0.1) is 7.11 Å². The number of esters is 1. The van der Waals surface area contributed by atoms with Crippen LogP contribution in [0, 0.1) is 6.92 Å². The molecule has 1 aliphatic carbocycles. The average molecular weight is 286 g/mol. The zero-order valence-electron chi connectivity index (χ0n) is 10.9. The predicted molar refractivity (Wildman–Crippen MR) is 76.8 cm³/mol. The highest BCUT2D eigenvalue weighted by Gasteiger charge is 2.36. The predicted octanol–water partition coefficient (Wildman–Crippen LogP) is 2.94. The van der Waals surface area contributed by atoms with Crippen LogP contribution in [0.2, 0.25) is 0 Å². The number of hydrogen-bond donors (Lipinski definition) is 1. The van der Waals surface area contributed by atoms with E-state index in [1.54, 1.807) is 0 Å². The van der Waals surface area contributed by atoms with Crippen LogP contribution in [0.1, 0.15) is 34.6 Å². The maximum atomic E-state index is 11.5. The van der Waals surface area contributed by atoms with Crippen molar-refractivity contribution in [2.24, 2.45) is 0 Å². The van der Waals surface area contributed by atoms with Crippen LogP contribution in [0.25, 0.3) is 0 Å². The van der Waals surface area contributed by atoms with Crippen LogP contribution in [0.3, 0.4) is 0 Å². The third-order valence-corrected chi connectivity index (χ3v) is 5.78. The van der Waals surface area contributed by atoms with Gasteiger partial charge in [-0.1, -0.05) is 6.42 Å². The second-order valence-corrected chi connectivity index (χ2v) is 6.99. The first-order valence-electron chi connectivity index (χ1n) is 5.95.